The first-order valence-corrected chi connectivity index (χ1v) is 7.16. The van der Waals surface area contributed by atoms with Gasteiger partial charge in [0, 0.05) is 17.7 Å². The van der Waals surface area contributed by atoms with Gasteiger partial charge in [-0.2, -0.15) is 0 Å². The van der Waals surface area contributed by atoms with E-state index in [0.29, 0.717) is 6.61 Å². The molecule has 0 unspecified atom stereocenters. The number of rotatable bonds is 3. The van der Waals surface area contributed by atoms with E-state index in [4.69, 9.17) is 4.74 Å². The molecule has 0 amide bonds. The lowest BCUT2D eigenvalue weighted by Crippen LogP contribution is -2.31. The van der Waals surface area contributed by atoms with Crippen molar-refractivity contribution >= 4 is 5.57 Å². The van der Waals surface area contributed by atoms with Gasteiger partial charge in [0.15, 0.2) is 0 Å². The Kier molecular flexibility index (Phi) is 3.69. The zero-order valence-electron chi connectivity index (χ0n) is 11.4. The summed E-state index contributed by atoms with van der Waals surface area (Å²) >= 11 is 0. The summed E-state index contributed by atoms with van der Waals surface area (Å²) in [6.07, 6.45) is 6.25. The van der Waals surface area contributed by atoms with Crippen LogP contribution in [0.25, 0.3) is 5.57 Å². The van der Waals surface area contributed by atoms with E-state index in [2.05, 4.69) is 29.7 Å². The van der Waals surface area contributed by atoms with Crippen LogP contribution in [0.5, 0.6) is 5.75 Å². The second-order valence-corrected chi connectivity index (χ2v) is 5.45. The minimum Gasteiger partial charge on any atom is -0.488 e. The fourth-order valence-electron chi connectivity index (χ4n) is 2.91. The SMILES string of the molecule is C=C(/C=C1/COc2ccccc21)CN1CCCCC1. The molecule has 2 heteroatoms. The van der Waals surface area contributed by atoms with Crippen molar-refractivity contribution in [2.45, 2.75) is 19.3 Å². The van der Waals surface area contributed by atoms with Crippen molar-refractivity contribution in [1.29, 1.82) is 0 Å². The van der Waals surface area contributed by atoms with Gasteiger partial charge in [-0.1, -0.05) is 37.3 Å². The Morgan fingerprint density at radius 2 is 2.00 bits per heavy atom. The molecule has 2 nitrogen and oxygen atoms in total. The largest absolute Gasteiger partial charge is 0.488 e. The third-order valence-corrected chi connectivity index (χ3v) is 3.87. The third-order valence-electron chi connectivity index (χ3n) is 3.87. The standard InChI is InChI=1S/C17H21NO/c1-14(12-18-9-5-2-6-10-18)11-15-13-19-17-8-4-3-7-16(15)17/h3-4,7-8,11H,1-2,5-6,9-10,12-13H2/b15-11-. The lowest BCUT2D eigenvalue weighted by Gasteiger charge is -2.26. The summed E-state index contributed by atoms with van der Waals surface area (Å²) in [5.41, 5.74) is 3.68. The smallest absolute Gasteiger partial charge is 0.127 e. The predicted molar refractivity (Wildman–Crippen MR) is 79.3 cm³/mol. The Labute approximate surface area is 115 Å². The maximum Gasteiger partial charge on any atom is 0.127 e. The van der Waals surface area contributed by atoms with Crippen molar-refractivity contribution in [1.82, 2.24) is 4.90 Å². The molecule has 0 N–H and O–H groups in total. The van der Waals surface area contributed by atoms with Crippen molar-refractivity contribution in [2.75, 3.05) is 26.2 Å². The monoisotopic (exact) mass is 255 g/mol. The molecule has 3 rings (SSSR count). The highest BCUT2D eigenvalue weighted by atomic mass is 16.5. The van der Waals surface area contributed by atoms with Gasteiger partial charge in [-0.05, 0) is 37.6 Å². The van der Waals surface area contributed by atoms with Crippen LogP contribution in [-0.4, -0.2) is 31.1 Å². The topological polar surface area (TPSA) is 12.5 Å². The van der Waals surface area contributed by atoms with Crippen LogP contribution in [0, 0.1) is 0 Å². The second-order valence-electron chi connectivity index (χ2n) is 5.45. The summed E-state index contributed by atoms with van der Waals surface area (Å²) in [6.45, 7) is 8.32. The highest BCUT2D eigenvalue weighted by molar-refractivity contribution is 5.76. The third kappa shape index (κ3) is 2.90. The number of likely N-dealkylation sites (tertiary alicyclic amines) is 1. The van der Waals surface area contributed by atoms with Gasteiger partial charge in [0.05, 0.1) is 0 Å². The van der Waals surface area contributed by atoms with Crippen LogP contribution in [0.2, 0.25) is 0 Å². The van der Waals surface area contributed by atoms with Gasteiger partial charge in [0.2, 0.25) is 0 Å². The summed E-state index contributed by atoms with van der Waals surface area (Å²) in [4.78, 5) is 2.50. The van der Waals surface area contributed by atoms with Gasteiger partial charge >= 0.3 is 0 Å². The van der Waals surface area contributed by atoms with Gasteiger partial charge in [-0.25, -0.2) is 0 Å². The van der Waals surface area contributed by atoms with Crippen molar-refractivity contribution < 1.29 is 4.74 Å². The van der Waals surface area contributed by atoms with E-state index >= 15 is 0 Å². The molecule has 0 bridgehead atoms. The normalized spacial score (nSPS) is 21.2. The molecule has 0 spiro atoms. The molecule has 1 saturated heterocycles. The lowest BCUT2D eigenvalue weighted by atomic mass is 10.0. The quantitative estimate of drug-likeness (QED) is 0.819. The van der Waals surface area contributed by atoms with Crippen LogP contribution < -0.4 is 4.74 Å². The number of piperidine rings is 1. The number of hydrogen-bond donors (Lipinski definition) is 0. The van der Waals surface area contributed by atoms with Crippen molar-refractivity contribution in [3.63, 3.8) is 0 Å². The second kappa shape index (κ2) is 5.62. The fraction of sp³-hybridized carbons (Fsp3) is 0.412. The fourth-order valence-corrected chi connectivity index (χ4v) is 2.91. The summed E-state index contributed by atoms with van der Waals surface area (Å²) < 4.78 is 5.68. The average molecular weight is 255 g/mol. The number of nitrogens with zero attached hydrogens (tertiary/aromatic N) is 1. The molecule has 1 aromatic carbocycles. The zero-order chi connectivity index (χ0) is 13.1. The Morgan fingerprint density at radius 3 is 2.84 bits per heavy atom. The number of para-hydroxylation sites is 1. The molecular weight excluding hydrogens is 234 g/mol. The summed E-state index contributed by atoms with van der Waals surface area (Å²) in [7, 11) is 0. The number of hydrogen-bond acceptors (Lipinski definition) is 2. The summed E-state index contributed by atoms with van der Waals surface area (Å²) in [6, 6.07) is 8.24. The first kappa shape index (κ1) is 12.5. The molecule has 0 saturated carbocycles. The van der Waals surface area contributed by atoms with E-state index in [0.717, 1.165) is 12.3 Å². The van der Waals surface area contributed by atoms with Gasteiger partial charge in [0.25, 0.3) is 0 Å². The van der Waals surface area contributed by atoms with Crippen LogP contribution in [0.3, 0.4) is 0 Å². The molecular formula is C17H21NO. The van der Waals surface area contributed by atoms with Crippen LogP contribution in [0.4, 0.5) is 0 Å². The van der Waals surface area contributed by atoms with Gasteiger partial charge in [-0.15, -0.1) is 0 Å². The van der Waals surface area contributed by atoms with Crippen LogP contribution in [-0.2, 0) is 0 Å². The lowest BCUT2D eigenvalue weighted by molar-refractivity contribution is 0.248. The van der Waals surface area contributed by atoms with Crippen LogP contribution >= 0.6 is 0 Å². The van der Waals surface area contributed by atoms with Gasteiger partial charge in [0.1, 0.15) is 12.4 Å². The van der Waals surface area contributed by atoms with Crippen molar-refractivity contribution in [3.8, 4) is 5.75 Å². The molecule has 1 fully saturated rings. The molecule has 100 valence electrons. The Hall–Kier alpha value is -1.54. The Balaban J connectivity index is 1.67. The Bertz CT molecular complexity index is 498. The zero-order valence-corrected chi connectivity index (χ0v) is 11.4. The number of fused-ring (bicyclic) bond motifs is 1. The van der Waals surface area contributed by atoms with Crippen LogP contribution in [0.1, 0.15) is 24.8 Å². The van der Waals surface area contributed by atoms with E-state index in [-0.39, 0.29) is 0 Å². The highest BCUT2D eigenvalue weighted by Crippen LogP contribution is 2.33. The molecule has 1 aromatic rings. The molecule has 0 aliphatic carbocycles. The van der Waals surface area contributed by atoms with E-state index < -0.39 is 0 Å². The molecule has 0 radical (unpaired) electrons. The number of benzene rings is 1. The van der Waals surface area contributed by atoms with Gasteiger partial charge < -0.3 is 4.74 Å². The maximum atomic E-state index is 5.68. The van der Waals surface area contributed by atoms with Crippen molar-refractivity contribution in [2.24, 2.45) is 0 Å². The minimum atomic E-state index is 0.679. The first-order valence-electron chi connectivity index (χ1n) is 7.16. The van der Waals surface area contributed by atoms with Crippen molar-refractivity contribution in [3.05, 3.63) is 48.1 Å². The Morgan fingerprint density at radius 1 is 1.21 bits per heavy atom. The molecule has 0 aromatic heterocycles. The van der Waals surface area contributed by atoms with E-state index in [1.54, 1.807) is 0 Å². The predicted octanol–water partition coefficient (Wildman–Crippen LogP) is 3.50. The molecule has 0 atom stereocenters. The minimum absolute atomic E-state index is 0.679. The maximum absolute atomic E-state index is 5.68. The van der Waals surface area contributed by atoms with E-state index in [1.165, 1.54) is 49.1 Å². The highest BCUT2D eigenvalue weighted by Gasteiger charge is 2.17. The molecule has 19 heavy (non-hydrogen) atoms. The van der Waals surface area contributed by atoms with E-state index in [1.807, 2.05) is 12.1 Å². The van der Waals surface area contributed by atoms with Crippen LogP contribution in [0.15, 0.2) is 42.5 Å². The first-order chi connectivity index (χ1) is 9.33. The molecule has 2 aliphatic heterocycles. The molecule has 2 aliphatic rings. The summed E-state index contributed by atoms with van der Waals surface area (Å²) in [5.74, 6) is 1.000. The average Bonchev–Trinajstić information content (AvgIpc) is 2.83. The van der Waals surface area contributed by atoms with E-state index in [9.17, 15) is 0 Å². The summed E-state index contributed by atoms with van der Waals surface area (Å²) in [5, 5.41) is 0. The number of ether oxygens (including phenoxy) is 1. The molecule has 2 heterocycles. The van der Waals surface area contributed by atoms with Gasteiger partial charge in [-0.3, -0.25) is 4.90 Å².